The van der Waals surface area contributed by atoms with Crippen molar-refractivity contribution >= 4 is 17.6 Å². The molecule has 1 aromatic heterocycles. The molecule has 100 valence electrons. The molecule has 2 heterocycles. The molecule has 4 nitrogen and oxygen atoms in total. The zero-order chi connectivity index (χ0) is 13.5. The highest BCUT2D eigenvalue weighted by Crippen LogP contribution is 2.36. The number of halogens is 1. The van der Waals surface area contributed by atoms with Crippen molar-refractivity contribution in [3.8, 4) is 0 Å². The molecule has 1 atom stereocenters. The first kappa shape index (κ1) is 13.4. The minimum absolute atomic E-state index is 0.147. The predicted molar refractivity (Wildman–Crippen MR) is 69.9 cm³/mol. The van der Waals surface area contributed by atoms with E-state index in [1.54, 1.807) is 0 Å². The van der Waals surface area contributed by atoms with E-state index in [0.29, 0.717) is 5.15 Å². The number of methoxy groups -OCH3 is 1. The zero-order valence-corrected chi connectivity index (χ0v) is 12.0. The Kier molecular flexibility index (Phi) is 3.41. The molecule has 0 radical (unpaired) electrons. The van der Waals surface area contributed by atoms with Gasteiger partial charge in [-0.2, -0.15) is 0 Å². The first-order valence-electron chi connectivity index (χ1n) is 6.21. The second-order valence-corrected chi connectivity index (χ2v) is 6.08. The molecule has 1 aliphatic heterocycles. The van der Waals surface area contributed by atoms with Gasteiger partial charge in [0, 0.05) is 5.41 Å². The SMILES string of the molecule is COC(=O)C1CCCc2c(Cl)nc(C(C)(C)C)n21. The Morgan fingerprint density at radius 3 is 2.72 bits per heavy atom. The Morgan fingerprint density at radius 2 is 2.17 bits per heavy atom. The second-order valence-electron chi connectivity index (χ2n) is 5.72. The number of hydrogen-bond acceptors (Lipinski definition) is 3. The molecule has 0 N–H and O–H groups in total. The fraction of sp³-hybridized carbons (Fsp3) is 0.692. The topological polar surface area (TPSA) is 44.1 Å². The van der Waals surface area contributed by atoms with Crippen molar-refractivity contribution in [1.82, 2.24) is 9.55 Å². The van der Waals surface area contributed by atoms with Gasteiger partial charge in [-0.25, -0.2) is 9.78 Å². The van der Waals surface area contributed by atoms with Gasteiger partial charge in [0.1, 0.15) is 11.9 Å². The van der Waals surface area contributed by atoms with Gasteiger partial charge in [0.25, 0.3) is 0 Å². The van der Waals surface area contributed by atoms with Crippen LogP contribution in [0, 0.1) is 0 Å². The second kappa shape index (κ2) is 4.57. The number of aromatic nitrogens is 2. The summed E-state index contributed by atoms with van der Waals surface area (Å²) in [5, 5.41) is 0.522. The van der Waals surface area contributed by atoms with Crippen LogP contribution in [-0.4, -0.2) is 22.6 Å². The molecule has 0 spiro atoms. The maximum Gasteiger partial charge on any atom is 0.328 e. The molecule has 1 aliphatic rings. The summed E-state index contributed by atoms with van der Waals surface area (Å²) in [7, 11) is 1.42. The summed E-state index contributed by atoms with van der Waals surface area (Å²) in [6.07, 6.45) is 2.60. The van der Waals surface area contributed by atoms with Crippen LogP contribution in [0.15, 0.2) is 0 Å². The molecular formula is C13H19ClN2O2. The Bertz CT molecular complexity index is 474. The Morgan fingerprint density at radius 1 is 1.50 bits per heavy atom. The summed E-state index contributed by atoms with van der Waals surface area (Å²) < 4.78 is 6.88. The van der Waals surface area contributed by atoms with E-state index in [9.17, 15) is 4.79 Å². The number of imidazole rings is 1. The van der Waals surface area contributed by atoms with Gasteiger partial charge >= 0.3 is 5.97 Å². The van der Waals surface area contributed by atoms with Crippen LogP contribution in [0.1, 0.15) is 51.2 Å². The molecule has 1 aromatic rings. The van der Waals surface area contributed by atoms with E-state index in [4.69, 9.17) is 16.3 Å². The number of carbonyl (C=O) groups is 1. The minimum atomic E-state index is -0.284. The van der Waals surface area contributed by atoms with Crippen LogP contribution in [0.25, 0.3) is 0 Å². The van der Waals surface area contributed by atoms with Gasteiger partial charge in [0.05, 0.1) is 12.8 Å². The quantitative estimate of drug-likeness (QED) is 0.737. The summed E-state index contributed by atoms with van der Waals surface area (Å²) in [6, 6.07) is -0.284. The largest absolute Gasteiger partial charge is 0.467 e. The number of rotatable bonds is 1. The standard InChI is InChI=1S/C13H19ClN2O2/c1-13(2,3)12-15-10(14)8-6-5-7-9(16(8)12)11(17)18-4/h9H,5-7H2,1-4H3. The number of nitrogens with zero attached hydrogens (tertiary/aromatic N) is 2. The molecule has 18 heavy (non-hydrogen) atoms. The van der Waals surface area contributed by atoms with Crippen LogP contribution in [-0.2, 0) is 21.4 Å². The number of hydrogen-bond donors (Lipinski definition) is 0. The highest BCUT2D eigenvalue weighted by atomic mass is 35.5. The van der Waals surface area contributed by atoms with E-state index in [1.807, 2.05) is 4.57 Å². The van der Waals surface area contributed by atoms with Gasteiger partial charge in [-0.1, -0.05) is 32.4 Å². The smallest absolute Gasteiger partial charge is 0.328 e. The Hall–Kier alpha value is -1.03. The van der Waals surface area contributed by atoms with Crippen molar-refractivity contribution in [2.75, 3.05) is 7.11 Å². The Labute approximate surface area is 112 Å². The number of carbonyl (C=O) groups excluding carboxylic acids is 1. The molecular weight excluding hydrogens is 252 g/mol. The summed E-state index contributed by atoms with van der Waals surface area (Å²) in [6.45, 7) is 6.21. The lowest BCUT2D eigenvalue weighted by Gasteiger charge is -2.29. The van der Waals surface area contributed by atoms with Crippen LogP contribution < -0.4 is 0 Å². The third-order valence-electron chi connectivity index (χ3n) is 3.31. The fourth-order valence-electron chi connectivity index (χ4n) is 2.48. The molecule has 0 aliphatic carbocycles. The van der Waals surface area contributed by atoms with E-state index < -0.39 is 0 Å². The van der Waals surface area contributed by atoms with Gasteiger partial charge in [0.2, 0.25) is 0 Å². The highest BCUT2D eigenvalue weighted by Gasteiger charge is 2.35. The summed E-state index contributed by atoms with van der Waals surface area (Å²) in [5.74, 6) is 0.646. The molecule has 1 unspecified atom stereocenters. The summed E-state index contributed by atoms with van der Waals surface area (Å²) in [5.41, 5.74) is 0.814. The molecule has 0 saturated carbocycles. The number of esters is 1. The summed E-state index contributed by atoms with van der Waals surface area (Å²) >= 11 is 6.20. The monoisotopic (exact) mass is 270 g/mol. The predicted octanol–water partition coefficient (Wildman–Crippen LogP) is 2.88. The molecule has 0 fully saturated rings. The van der Waals surface area contributed by atoms with Crippen molar-refractivity contribution in [2.45, 2.75) is 51.5 Å². The molecule has 5 heteroatoms. The van der Waals surface area contributed by atoms with Crippen LogP contribution in [0.5, 0.6) is 0 Å². The maximum absolute atomic E-state index is 11.9. The molecule has 0 amide bonds. The molecule has 0 aromatic carbocycles. The molecule has 2 rings (SSSR count). The summed E-state index contributed by atoms with van der Waals surface area (Å²) in [4.78, 5) is 16.4. The van der Waals surface area contributed by atoms with Gasteiger partial charge in [0.15, 0.2) is 5.15 Å². The third-order valence-corrected chi connectivity index (χ3v) is 3.61. The van der Waals surface area contributed by atoms with Crippen LogP contribution in [0.4, 0.5) is 0 Å². The van der Waals surface area contributed by atoms with Crippen molar-refractivity contribution in [3.63, 3.8) is 0 Å². The van der Waals surface area contributed by atoms with Gasteiger partial charge in [-0.15, -0.1) is 0 Å². The molecule has 0 bridgehead atoms. The van der Waals surface area contributed by atoms with Gasteiger partial charge < -0.3 is 9.30 Å². The maximum atomic E-state index is 11.9. The average Bonchev–Trinajstić information content (AvgIpc) is 2.66. The first-order chi connectivity index (χ1) is 8.36. The van der Waals surface area contributed by atoms with E-state index in [1.165, 1.54) is 7.11 Å². The van der Waals surface area contributed by atoms with Crippen molar-refractivity contribution < 1.29 is 9.53 Å². The number of ether oxygens (including phenoxy) is 1. The van der Waals surface area contributed by atoms with E-state index in [2.05, 4.69) is 25.8 Å². The minimum Gasteiger partial charge on any atom is -0.467 e. The fourth-order valence-corrected chi connectivity index (χ4v) is 2.74. The lowest BCUT2D eigenvalue weighted by Crippen LogP contribution is -2.31. The lowest BCUT2D eigenvalue weighted by atomic mass is 9.93. The molecule has 0 saturated heterocycles. The third kappa shape index (κ3) is 2.14. The van der Waals surface area contributed by atoms with Gasteiger partial charge in [-0.05, 0) is 19.3 Å². The van der Waals surface area contributed by atoms with E-state index in [-0.39, 0.29) is 17.4 Å². The van der Waals surface area contributed by atoms with Crippen LogP contribution in [0.2, 0.25) is 5.15 Å². The van der Waals surface area contributed by atoms with Crippen molar-refractivity contribution in [2.24, 2.45) is 0 Å². The van der Waals surface area contributed by atoms with E-state index in [0.717, 1.165) is 30.8 Å². The number of fused-ring (bicyclic) bond motifs is 1. The normalized spacial score (nSPS) is 19.5. The lowest BCUT2D eigenvalue weighted by molar-refractivity contribution is -0.145. The van der Waals surface area contributed by atoms with Crippen LogP contribution in [0.3, 0.4) is 0 Å². The van der Waals surface area contributed by atoms with Crippen molar-refractivity contribution in [3.05, 3.63) is 16.7 Å². The average molecular weight is 271 g/mol. The Balaban J connectivity index is 2.57. The van der Waals surface area contributed by atoms with Crippen LogP contribution >= 0.6 is 11.6 Å². The zero-order valence-electron chi connectivity index (χ0n) is 11.3. The first-order valence-corrected chi connectivity index (χ1v) is 6.59. The van der Waals surface area contributed by atoms with Gasteiger partial charge in [-0.3, -0.25) is 0 Å². The highest BCUT2D eigenvalue weighted by molar-refractivity contribution is 6.30. The van der Waals surface area contributed by atoms with E-state index >= 15 is 0 Å². The van der Waals surface area contributed by atoms with Crippen molar-refractivity contribution in [1.29, 1.82) is 0 Å².